The standard InChI is InChI=1S/C22H35N7O8/c1-3-11(2)18(24)21(35)28-13(4-6-16(23)30)19(33)27-14(5-7-17(31)32)20(34)29-15(22(36)37)8-12-9-25-10-26-12/h9-11,13-15,18H,3-8,24H2,1-2H3,(H2,23,30)(H,25,26)(H,27,33)(H,28,35)(H,29,34)(H,31,32)(H,36,37). The molecule has 0 fully saturated rings. The van der Waals surface area contributed by atoms with E-state index in [1.54, 1.807) is 6.92 Å². The Morgan fingerprint density at radius 3 is 1.95 bits per heavy atom. The summed E-state index contributed by atoms with van der Waals surface area (Å²) in [7, 11) is 0. The molecule has 0 aliphatic heterocycles. The third-order valence-corrected chi connectivity index (χ3v) is 5.75. The van der Waals surface area contributed by atoms with E-state index in [1.807, 2.05) is 6.92 Å². The predicted molar refractivity (Wildman–Crippen MR) is 128 cm³/mol. The summed E-state index contributed by atoms with van der Waals surface area (Å²) in [6.45, 7) is 3.58. The van der Waals surface area contributed by atoms with Crippen LogP contribution in [0.5, 0.6) is 0 Å². The number of aliphatic carboxylic acids is 2. The van der Waals surface area contributed by atoms with Crippen LogP contribution < -0.4 is 27.4 Å². The van der Waals surface area contributed by atoms with Crippen molar-refractivity contribution < 1.29 is 39.0 Å². The highest BCUT2D eigenvalue weighted by molar-refractivity contribution is 5.94. The molecule has 37 heavy (non-hydrogen) atoms. The SMILES string of the molecule is CCC(C)C(N)C(=O)NC(CCC(N)=O)C(=O)NC(CCC(=O)O)C(=O)NC(Cc1cnc[nH]1)C(=O)O. The maximum absolute atomic E-state index is 13.0. The second-order valence-electron chi connectivity index (χ2n) is 8.65. The third-order valence-electron chi connectivity index (χ3n) is 5.75. The number of carbonyl (C=O) groups excluding carboxylic acids is 4. The van der Waals surface area contributed by atoms with Crippen LogP contribution in [-0.2, 0) is 35.2 Å². The van der Waals surface area contributed by atoms with Gasteiger partial charge in [-0.3, -0.25) is 24.0 Å². The molecule has 1 aromatic rings. The van der Waals surface area contributed by atoms with Crippen molar-refractivity contribution in [2.24, 2.45) is 17.4 Å². The van der Waals surface area contributed by atoms with E-state index in [1.165, 1.54) is 12.5 Å². The quantitative estimate of drug-likeness (QED) is 0.111. The second kappa shape index (κ2) is 15.2. The van der Waals surface area contributed by atoms with Crippen molar-refractivity contribution in [3.05, 3.63) is 18.2 Å². The number of hydrogen-bond acceptors (Lipinski definition) is 8. The van der Waals surface area contributed by atoms with Crippen LogP contribution in [-0.4, -0.2) is 79.9 Å². The number of amides is 4. The Bertz CT molecular complexity index is 953. The zero-order valence-corrected chi connectivity index (χ0v) is 20.7. The first-order valence-corrected chi connectivity index (χ1v) is 11.7. The number of nitrogens with one attached hydrogen (secondary N) is 4. The molecule has 1 rings (SSSR count). The van der Waals surface area contributed by atoms with E-state index in [9.17, 15) is 33.9 Å². The van der Waals surface area contributed by atoms with E-state index in [-0.39, 0.29) is 31.6 Å². The topological polar surface area (TPSA) is 260 Å². The summed E-state index contributed by atoms with van der Waals surface area (Å²) < 4.78 is 0. The van der Waals surface area contributed by atoms with Crippen molar-refractivity contribution in [2.75, 3.05) is 0 Å². The van der Waals surface area contributed by atoms with Gasteiger partial charge in [0.1, 0.15) is 18.1 Å². The van der Waals surface area contributed by atoms with Gasteiger partial charge in [-0.15, -0.1) is 0 Å². The highest BCUT2D eigenvalue weighted by Gasteiger charge is 2.31. The molecule has 4 amide bonds. The molecule has 0 bridgehead atoms. The fourth-order valence-corrected chi connectivity index (χ4v) is 3.23. The lowest BCUT2D eigenvalue weighted by molar-refractivity contribution is -0.143. The van der Waals surface area contributed by atoms with Crippen molar-refractivity contribution in [3.63, 3.8) is 0 Å². The molecule has 0 aliphatic rings. The van der Waals surface area contributed by atoms with Gasteiger partial charge in [-0.2, -0.15) is 0 Å². The number of carboxylic acid groups (broad SMARTS) is 2. The lowest BCUT2D eigenvalue weighted by Gasteiger charge is -2.26. The molecule has 15 nitrogen and oxygen atoms in total. The van der Waals surface area contributed by atoms with Crippen LogP contribution in [0.2, 0.25) is 0 Å². The molecule has 1 aromatic heterocycles. The van der Waals surface area contributed by atoms with E-state index >= 15 is 0 Å². The Hall–Kier alpha value is -4.01. The van der Waals surface area contributed by atoms with Gasteiger partial charge in [0.2, 0.25) is 23.6 Å². The van der Waals surface area contributed by atoms with E-state index in [0.29, 0.717) is 12.1 Å². The molecule has 206 valence electrons. The molecule has 1 heterocycles. The zero-order chi connectivity index (χ0) is 28.1. The molecule has 0 saturated heterocycles. The molecule has 0 aliphatic carbocycles. The molecular formula is C22H35N7O8. The van der Waals surface area contributed by atoms with Gasteiger partial charge < -0.3 is 42.6 Å². The van der Waals surface area contributed by atoms with Gasteiger partial charge in [0.25, 0.3) is 0 Å². The number of nitrogens with two attached hydrogens (primary N) is 2. The largest absolute Gasteiger partial charge is 0.481 e. The summed E-state index contributed by atoms with van der Waals surface area (Å²) in [4.78, 5) is 79.0. The number of carbonyl (C=O) groups is 6. The highest BCUT2D eigenvalue weighted by atomic mass is 16.4. The monoisotopic (exact) mass is 525 g/mol. The van der Waals surface area contributed by atoms with Gasteiger partial charge >= 0.3 is 11.9 Å². The number of carboxylic acids is 2. The van der Waals surface area contributed by atoms with Crippen molar-refractivity contribution in [3.8, 4) is 0 Å². The number of hydrogen-bond donors (Lipinski definition) is 8. The van der Waals surface area contributed by atoms with Crippen LogP contribution in [0.15, 0.2) is 12.5 Å². The van der Waals surface area contributed by atoms with Crippen LogP contribution in [0, 0.1) is 5.92 Å². The Labute approximate surface area is 213 Å². The minimum atomic E-state index is -1.46. The van der Waals surface area contributed by atoms with Crippen molar-refractivity contribution >= 4 is 35.6 Å². The fraction of sp³-hybridized carbons (Fsp3) is 0.591. The normalized spacial score (nSPS) is 14.9. The van der Waals surface area contributed by atoms with E-state index in [4.69, 9.17) is 16.6 Å². The maximum atomic E-state index is 13.0. The number of nitrogens with zero attached hydrogens (tertiary/aromatic N) is 1. The average molecular weight is 526 g/mol. The van der Waals surface area contributed by atoms with Gasteiger partial charge in [-0.05, 0) is 18.8 Å². The van der Waals surface area contributed by atoms with Crippen molar-refractivity contribution in [1.29, 1.82) is 0 Å². The minimum Gasteiger partial charge on any atom is -0.481 e. The number of H-pyrrole nitrogens is 1. The van der Waals surface area contributed by atoms with Crippen LogP contribution >= 0.6 is 0 Å². The average Bonchev–Trinajstić information content (AvgIpc) is 3.35. The first-order chi connectivity index (χ1) is 17.3. The zero-order valence-electron chi connectivity index (χ0n) is 20.7. The van der Waals surface area contributed by atoms with E-state index in [2.05, 4.69) is 25.9 Å². The second-order valence-corrected chi connectivity index (χ2v) is 8.65. The molecule has 0 spiro atoms. The van der Waals surface area contributed by atoms with Crippen molar-refractivity contribution in [2.45, 2.75) is 76.5 Å². The van der Waals surface area contributed by atoms with Crippen LogP contribution in [0.1, 0.15) is 51.6 Å². The number of primary amides is 1. The molecule has 15 heteroatoms. The van der Waals surface area contributed by atoms with Gasteiger partial charge in [-0.25, -0.2) is 9.78 Å². The van der Waals surface area contributed by atoms with Gasteiger partial charge in [0.15, 0.2) is 0 Å². The summed E-state index contributed by atoms with van der Waals surface area (Å²) in [6, 6.07) is -5.12. The lowest BCUT2D eigenvalue weighted by Crippen LogP contribution is -2.58. The number of aromatic nitrogens is 2. The summed E-state index contributed by atoms with van der Waals surface area (Å²) in [5, 5.41) is 25.6. The smallest absolute Gasteiger partial charge is 0.326 e. The number of aromatic amines is 1. The first-order valence-electron chi connectivity index (χ1n) is 11.7. The summed E-state index contributed by atoms with van der Waals surface area (Å²) >= 11 is 0. The van der Waals surface area contributed by atoms with E-state index < -0.39 is 66.2 Å². The third kappa shape index (κ3) is 11.1. The first kappa shape index (κ1) is 31.0. The Morgan fingerprint density at radius 1 is 0.946 bits per heavy atom. The van der Waals surface area contributed by atoms with E-state index in [0.717, 1.165) is 0 Å². The summed E-state index contributed by atoms with van der Waals surface area (Å²) in [6.07, 6.45) is 1.79. The van der Waals surface area contributed by atoms with Gasteiger partial charge in [0, 0.05) is 31.2 Å². The molecule has 0 saturated carbocycles. The van der Waals surface area contributed by atoms with Crippen LogP contribution in [0.4, 0.5) is 0 Å². The molecule has 5 unspecified atom stereocenters. The summed E-state index contributed by atoms with van der Waals surface area (Å²) in [5.74, 6) is -6.06. The van der Waals surface area contributed by atoms with Crippen LogP contribution in [0.25, 0.3) is 0 Å². The summed E-state index contributed by atoms with van der Waals surface area (Å²) in [5.41, 5.74) is 11.5. The minimum absolute atomic E-state index is 0.147. The predicted octanol–water partition coefficient (Wildman–Crippen LogP) is -2.01. The maximum Gasteiger partial charge on any atom is 0.326 e. The highest BCUT2D eigenvalue weighted by Crippen LogP contribution is 2.08. The van der Waals surface area contributed by atoms with Crippen molar-refractivity contribution in [1.82, 2.24) is 25.9 Å². The Kier molecular flexibility index (Phi) is 12.7. The van der Waals surface area contributed by atoms with Gasteiger partial charge in [0.05, 0.1) is 12.4 Å². The molecule has 10 N–H and O–H groups in total. The Morgan fingerprint density at radius 2 is 1.49 bits per heavy atom. The molecule has 0 radical (unpaired) electrons. The molecular weight excluding hydrogens is 490 g/mol. The number of rotatable bonds is 17. The lowest BCUT2D eigenvalue weighted by atomic mass is 9.98. The Balaban J connectivity index is 3.05. The fourth-order valence-electron chi connectivity index (χ4n) is 3.23. The molecule has 0 aromatic carbocycles. The van der Waals surface area contributed by atoms with Crippen LogP contribution in [0.3, 0.4) is 0 Å². The number of imidazole rings is 1. The van der Waals surface area contributed by atoms with Gasteiger partial charge in [-0.1, -0.05) is 20.3 Å². The molecule has 5 atom stereocenters.